The number of halogens is 1. The van der Waals surface area contributed by atoms with Gasteiger partial charge in [0.2, 0.25) is 0 Å². The Morgan fingerprint density at radius 3 is 2.29 bits per heavy atom. The highest BCUT2D eigenvalue weighted by Crippen LogP contribution is 2.08. The zero-order valence-corrected chi connectivity index (χ0v) is 9.86. The summed E-state index contributed by atoms with van der Waals surface area (Å²) in [5, 5.41) is 3.37. The lowest BCUT2D eigenvalue weighted by Gasteiger charge is -2.11. The van der Waals surface area contributed by atoms with Gasteiger partial charge in [0.25, 0.3) is 0 Å². The molecule has 0 amide bonds. The Bertz CT molecular complexity index is 276. The summed E-state index contributed by atoms with van der Waals surface area (Å²) in [6.45, 7) is 7.25. The third-order valence-corrected chi connectivity index (χ3v) is 2.63. The number of hydrogen-bond acceptors (Lipinski definition) is 1. The van der Waals surface area contributed by atoms with Crippen molar-refractivity contribution in [2.45, 2.75) is 33.4 Å². The maximum atomic E-state index is 5.72. The Labute approximate surface area is 91.5 Å². The molecule has 0 saturated heterocycles. The Balaban J connectivity index is 2.58. The first-order chi connectivity index (χ1) is 6.61. The van der Waals surface area contributed by atoms with Crippen molar-refractivity contribution in [1.29, 1.82) is 0 Å². The van der Waals surface area contributed by atoms with E-state index in [0.717, 1.165) is 6.54 Å². The van der Waals surface area contributed by atoms with Crippen molar-refractivity contribution in [3.8, 4) is 0 Å². The van der Waals surface area contributed by atoms with Gasteiger partial charge < -0.3 is 5.32 Å². The van der Waals surface area contributed by atoms with E-state index in [1.165, 1.54) is 16.7 Å². The fourth-order valence-electron chi connectivity index (χ4n) is 1.52. The van der Waals surface area contributed by atoms with Crippen LogP contribution in [0.2, 0.25) is 0 Å². The normalized spacial score (nSPS) is 12.9. The zero-order chi connectivity index (χ0) is 10.6. The van der Waals surface area contributed by atoms with Crippen molar-refractivity contribution in [3.63, 3.8) is 0 Å². The van der Waals surface area contributed by atoms with E-state index in [0.29, 0.717) is 11.9 Å². The lowest BCUT2D eigenvalue weighted by Crippen LogP contribution is -2.26. The molecule has 1 atom stereocenters. The molecular formula is C12H18ClN. The Morgan fingerprint density at radius 2 is 1.79 bits per heavy atom. The second kappa shape index (κ2) is 5.38. The van der Waals surface area contributed by atoms with Gasteiger partial charge in [-0.3, -0.25) is 0 Å². The smallest absolute Gasteiger partial charge is 0.0374 e. The van der Waals surface area contributed by atoms with Crippen molar-refractivity contribution in [2.24, 2.45) is 0 Å². The molecule has 0 radical (unpaired) electrons. The predicted octanol–water partition coefficient (Wildman–Crippen LogP) is 3.02. The SMILES string of the molecule is Cc1cc(C)cc(CNC(C)CCl)c1. The molecule has 0 saturated carbocycles. The summed E-state index contributed by atoms with van der Waals surface area (Å²) in [7, 11) is 0. The second-order valence-corrected chi connectivity index (χ2v) is 4.24. The fraction of sp³-hybridized carbons (Fsp3) is 0.500. The first kappa shape index (κ1) is 11.5. The van der Waals surface area contributed by atoms with Crippen LogP contribution in [0.4, 0.5) is 0 Å². The van der Waals surface area contributed by atoms with Crippen LogP contribution in [-0.4, -0.2) is 11.9 Å². The summed E-state index contributed by atoms with van der Waals surface area (Å²) >= 11 is 5.72. The van der Waals surface area contributed by atoms with Crippen molar-refractivity contribution < 1.29 is 0 Å². The van der Waals surface area contributed by atoms with Crippen LogP contribution < -0.4 is 5.32 Å². The number of rotatable bonds is 4. The quantitative estimate of drug-likeness (QED) is 0.756. The predicted molar refractivity (Wildman–Crippen MR) is 62.9 cm³/mol. The lowest BCUT2D eigenvalue weighted by molar-refractivity contribution is 0.593. The molecule has 1 N–H and O–H groups in total. The minimum Gasteiger partial charge on any atom is -0.309 e. The van der Waals surface area contributed by atoms with Gasteiger partial charge in [0.15, 0.2) is 0 Å². The van der Waals surface area contributed by atoms with Crippen LogP contribution in [0.5, 0.6) is 0 Å². The van der Waals surface area contributed by atoms with Crippen LogP contribution in [0.3, 0.4) is 0 Å². The number of hydrogen-bond donors (Lipinski definition) is 1. The van der Waals surface area contributed by atoms with E-state index in [1.807, 2.05) is 0 Å². The molecule has 0 fully saturated rings. The van der Waals surface area contributed by atoms with Gasteiger partial charge >= 0.3 is 0 Å². The topological polar surface area (TPSA) is 12.0 Å². The minimum absolute atomic E-state index is 0.373. The van der Waals surface area contributed by atoms with Crippen molar-refractivity contribution in [2.75, 3.05) is 5.88 Å². The van der Waals surface area contributed by atoms with Crippen molar-refractivity contribution >= 4 is 11.6 Å². The number of aryl methyl sites for hydroxylation is 2. The molecule has 0 aliphatic rings. The Morgan fingerprint density at radius 1 is 1.21 bits per heavy atom. The van der Waals surface area contributed by atoms with E-state index in [-0.39, 0.29) is 0 Å². The number of benzene rings is 1. The largest absolute Gasteiger partial charge is 0.309 e. The summed E-state index contributed by atoms with van der Waals surface area (Å²) in [5.41, 5.74) is 3.97. The van der Waals surface area contributed by atoms with Gasteiger partial charge in [0.1, 0.15) is 0 Å². The first-order valence-electron chi connectivity index (χ1n) is 4.98. The highest BCUT2D eigenvalue weighted by Gasteiger charge is 2.00. The molecule has 1 unspecified atom stereocenters. The molecule has 78 valence electrons. The Kier molecular flexibility index (Phi) is 4.43. The van der Waals surface area contributed by atoms with E-state index in [4.69, 9.17) is 11.6 Å². The standard InChI is InChI=1S/C12H18ClN/c1-9-4-10(2)6-12(5-9)8-14-11(3)7-13/h4-6,11,14H,7-8H2,1-3H3. The molecule has 2 heteroatoms. The lowest BCUT2D eigenvalue weighted by atomic mass is 10.1. The molecule has 1 nitrogen and oxygen atoms in total. The average molecular weight is 212 g/mol. The number of nitrogens with one attached hydrogen (secondary N) is 1. The van der Waals surface area contributed by atoms with E-state index in [1.54, 1.807) is 0 Å². The molecule has 0 aromatic heterocycles. The number of alkyl halides is 1. The average Bonchev–Trinajstić information content (AvgIpc) is 2.12. The summed E-state index contributed by atoms with van der Waals surface area (Å²) in [5.74, 6) is 0.658. The summed E-state index contributed by atoms with van der Waals surface area (Å²) < 4.78 is 0. The summed E-state index contributed by atoms with van der Waals surface area (Å²) in [6.07, 6.45) is 0. The monoisotopic (exact) mass is 211 g/mol. The first-order valence-corrected chi connectivity index (χ1v) is 5.52. The van der Waals surface area contributed by atoms with Crippen LogP contribution in [0.15, 0.2) is 18.2 Å². The van der Waals surface area contributed by atoms with Crippen LogP contribution in [0, 0.1) is 13.8 Å². The fourth-order valence-corrected chi connectivity index (χ4v) is 1.63. The molecule has 0 aliphatic carbocycles. The van der Waals surface area contributed by atoms with E-state index in [9.17, 15) is 0 Å². The van der Waals surface area contributed by atoms with Gasteiger partial charge in [0.05, 0.1) is 0 Å². The maximum Gasteiger partial charge on any atom is 0.0374 e. The molecule has 1 aromatic rings. The van der Waals surface area contributed by atoms with E-state index < -0.39 is 0 Å². The second-order valence-electron chi connectivity index (χ2n) is 3.93. The van der Waals surface area contributed by atoms with Crippen LogP contribution >= 0.6 is 11.6 Å². The Hall–Kier alpha value is -0.530. The van der Waals surface area contributed by atoms with Crippen molar-refractivity contribution in [1.82, 2.24) is 5.32 Å². The molecule has 14 heavy (non-hydrogen) atoms. The highest BCUT2D eigenvalue weighted by atomic mass is 35.5. The molecule has 1 aromatic carbocycles. The third-order valence-electron chi connectivity index (χ3n) is 2.17. The van der Waals surface area contributed by atoms with Gasteiger partial charge in [-0.15, -0.1) is 11.6 Å². The van der Waals surface area contributed by atoms with E-state index in [2.05, 4.69) is 44.3 Å². The molecule has 0 heterocycles. The third kappa shape index (κ3) is 3.69. The van der Waals surface area contributed by atoms with Crippen LogP contribution in [0.1, 0.15) is 23.6 Å². The van der Waals surface area contributed by atoms with Gasteiger partial charge in [-0.2, -0.15) is 0 Å². The summed E-state index contributed by atoms with van der Waals surface area (Å²) in [6, 6.07) is 6.98. The van der Waals surface area contributed by atoms with Gasteiger partial charge in [-0.05, 0) is 26.3 Å². The van der Waals surface area contributed by atoms with E-state index >= 15 is 0 Å². The molecule has 1 rings (SSSR count). The molecular weight excluding hydrogens is 194 g/mol. The minimum atomic E-state index is 0.373. The zero-order valence-electron chi connectivity index (χ0n) is 9.10. The highest BCUT2D eigenvalue weighted by molar-refractivity contribution is 6.18. The summed E-state index contributed by atoms with van der Waals surface area (Å²) in [4.78, 5) is 0. The molecule has 0 aliphatic heterocycles. The molecule has 0 bridgehead atoms. The van der Waals surface area contributed by atoms with Crippen LogP contribution in [0.25, 0.3) is 0 Å². The van der Waals surface area contributed by atoms with Crippen LogP contribution in [-0.2, 0) is 6.54 Å². The van der Waals surface area contributed by atoms with Crippen molar-refractivity contribution in [3.05, 3.63) is 34.9 Å². The van der Waals surface area contributed by atoms with Gasteiger partial charge in [0, 0.05) is 18.5 Å². The molecule has 0 spiro atoms. The van der Waals surface area contributed by atoms with Gasteiger partial charge in [-0.1, -0.05) is 29.3 Å². The van der Waals surface area contributed by atoms with Gasteiger partial charge in [-0.25, -0.2) is 0 Å². The maximum absolute atomic E-state index is 5.72.